The molecule has 1 N–H and O–H groups in total. The summed E-state index contributed by atoms with van der Waals surface area (Å²) in [6.45, 7) is 4.43. The van der Waals surface area contributed by atoms with Gasteiger partial charge in [-0.25, -0.2) is 9.59 Å². The van der Waals surface area contributed by atoms with E-state index in [1.165, 1.54) is 0 Å². The maximum Gasteiger partial charge on any atom is 0.353 e. The van der Waals surface area contributed by atoms with Crippen LogP contribution in [0.4, 0.5) is 0 Å². The van der Waals surface area contributed by atoms with Crippen LogP contribution in [-0.2, 0) is 13.0 Å². The summed E-state index contributed by atoms with van der Waals surface area (Å²) in [5.74, 6) is -0.387. The highest BCUT2D eigenvalue weighted by Gasteiger charge is 2.27. The fourth-order valence-corrected chi connectivity index (χ4v) is 4.67. The number of carboxylic acid groups (broad SMARTS) is 1. The molecule has 0 unspecified atom stereocenters. The Morgan fingerprint density at radius 3 is 2.35 bits per heavy atom. The number of hydrogen-bond donors (Lipinski definition) is 1. The van der Waals surface area contributed by atoms with Crippen LogP contribution >= 0.6 is 0 Å². The van der Waals surface area contributed by atoms with Gasteiger partial charge in [0, 0.05) is 12.3 Å². The predicted molar refractivity (Wildman–Crippen MR) is 130 cm³/mol. The van der Waals surface area contributed by atoms with Crippen molar-refractivity contribution in [2.45, 2.75) is 58.9 Å². The van der Waals surface area contributed by atoms with E-state index in [4.69, 9.17) is 0 Å². The Bertz CT molecular complexity index is 1230. The van der Waals surface area contributed by atoms with Crippen LogP contribution < -0.4 is 5.69 Å². The Labute approximate surface area is 199 Å². The van der Waals surface area contributed by atoms with E-state index >= 15 is 0 Å². The van der Waals surface area contributed by atoms with Crippen molar-refractivity contribution in [3.8, 4) is 11.1 Å². The lowest BCUT2D eigenvalue weighted by atomic mass is 9.89. The molecule has 34 heavy (non-hydrogen) atoms. The Morgan fingerprint density at radius 2 is 1.71 bits per heavy atom. The third-order valence-corrected chi connectivity index (χ3v) is 6.46. The van der Waals surface area contributed by atoms with Crippen molar-refractivity contribution in [2.24, 2.45) is 11.8 Å². The van der Waals surface area contributed by atoms with Gasteiger partial charge in [-0.1, -0.05) is 75.6 Å². The standard InChI is InChI=1S/C27H31N3O4/c1-18(2)16-24-28-30(25(31)21-8-4-3-5-9-21)27(34)29(24)17-19-12-14-20(15-13-19)22-10-6-7-11-23(22)26(32)33/h6-7,10-15,18,21H,3-5,8-9,16-17H2,1-2H3,(H,32,33). The number of rotatable bonds is 7. The maximum atomic E-state index is 13.2. The average Bonchev–Trinajstić information content (AvgIpc) is 3.14. The van der Waals surface area contributed by atoms with Crippen molar-refractivity contribution in [3.05, 3.63) is 76.0 Å². The minimum absolute atomic E-state index is 0.129. The fraction of sp³-hybridized carbons (Fsp3) is 0.407. The van der Waals surface area contributed by atoms with E-state index in [9.17, 15) is 19.5 Å². The zero-order chi connectivity index (χ0) is 24.2. The van der Waals surface area contributed by atoms with E-state index in [-0.39, 0.29) is 29.0 Å². The average molecular weight is 462 g/mol. The Kier molecular flexibility index (Phi) is 7.10. The molecule has 0 radical (unpaired) electrons. The largest absolute Gasteiger partial charge is 0.478 e. The number of carboxylic acids is 1. The van der Waals surface area contributed by atoms with Crippen LogP contribution in [0.25, 0.3) is 11.1 Å². The third kappa shape index (κ3) is 5.03. The molecule has 0 saturated heterocycles. The summed E-state index contributed by atoms with van der Waals surface area (Å²) in [5, 5.41) is 13.9. The Balaban J connectivity index is 1.63. The highest BCUT2D eigenvalue weighted by molar-refractivity contribution is 5.96. The molecule has 178 valence electrons. The van der Waals surface area contributed by atoms with Gasteiger partial charge in [-0.2, -0.15) is 0 Å². The number of aromatic nitrogens is 3. The molecule has 1 aliphatic carbocycles. The van der Waals surface area contributed by atoms with Gasteiger partial charge in [0.1, 0.15) is 5.82 Å². The van der Waals surface area contributed by atoms with Crippen molar-refractivity contribution >= 4 is 11.9 Å². The summed E-state index contributed by atoms with van der Waals surface area (Å²) >= 11 is 0. The minimum atomic E-state index is -0.973. The van der Waals surface area contributed by atoms with Gasteiger partial charge in [0.2, 0.25) is 0 Å². The highest BCUT2D eigenvalue weighted by atomic mass is 16.4. The van der Waals surface area contributed by atoms with Crippen molar-refractivity contribution in [2.75, 3.05) is 0 Å². The minimum Gasteiger partial charge on any atom is -0.478 e. The molecule has 1 aromatic heterocycles. The van der Waals surface area contributed by atoms with Crippen molar-refractivity contribution in [3.63, 3.8) is 0 Å². The summed E-state index contributed by atoms with van der Waals surface area (Å²) in [4.78, 5) is 37.9. The van der Waals surface area contributed by atoms with Gasteiger partial charge >= 0.3 is 11.7 Å². The smallest absolute Gasteiger partial charge is 0.353 e. The van der Waals surface area contributed by atoms with Crippen LogP contribution in [0, 0.1) is 11.8 Å². The van der Waals surface area contributed by atoms with E-state index in [1.807, 2.05) is 30.3 Å². The second-order valence-electron chi connectivity index (χ2n) is 9.52. The molecule has 1 saturated carbocycles. The molecule has 0 aliphatic heterocycles. The fourth-order valence-electron chi connectivity index (χ4n) is 4.67. The van der Waals surface area contributed by atoms with Gasteiger partial charge in [0.25, 0.3) is 5.91 Å². The zero-order valence-electron chi connectivity index (χ0n) is 19.7. The first-order chi connectivity index (χ1) is 16.3. The molecular weight excluding hydrogens is 430 g/mol. The van der Waals surface area contributed by atoms with E-state index in [0.29, 0.717) is 24.4 Å². The van der Waals surface area contributed by atoms with Gasteiger partial charge in [0.15, 0.2) is 0 Å². The van der Waals surface area contributed by atoms with Gasteiger partial charge in [0.05, 0.1) is 12.1 Å². The molecule has 0 bridgehead atoms. The summed E-state index contributed by atoms with van der Waals surface area (Å²) in [7, 11) is 0. The van der Waals surface area contributed by atoms with Crippen molar-refractivity contribution in [1.29, 1.82) is 0 Å². The predicted octanol–water partition coefficient (Wildman–Crippen LogP) is 4.88. The molecule has 4 rings (SSSR count). The van der Waals surface area contributed by atoms with Crippen LogP contribution in [0.1, 0.15) is 72.5 Å². The molecule has 7 heteroatoms. The molecule has 0 amide bonds. The molecule has 1 heterocycles. The lowest BCUT2D eigenvalue weighted by molar-refractivity contribution is 0.0696. The topological polar surface area (TPSA) is 94.2 Å². The number of carbonyl (C=O) groups is 2. The van der Waals surface area contributed by atoms with Crippen molar-refractivity contribution in [1.82, 2.24) is 14.3 Å². The van der Waals surface area contributed by atoms with E-state index in [2.05, 4.69) is 18.9 Å². The van der Waals surface area contributed by atoms with Gasteiger partial charge in [-0.05, 0) is 41.5 Å². The molecule has 3 aromatic rings. The van der Waals surface area contributed by atoms with Gasteiger partial charge in [-0.15, -0.1) is 9.78 Å². The molecular formula is C27H31N3O4. The molecule has 2 aromatic carbocycles. The maximum absolute atomic E-state index is 13.2. The molecule has 1 aliphatic rings. The zero-order valence-corrected chi connectivity index (χ0v) is 19.7. The number of nitrogens with zero attached hydrogens (tertiary/aromatic N) is 3. The summed E-state index contributed by atoms with van der Waals surface area (Å²) < 4.78 is 2.69. The first kappa shape index (κ1) is 23.7. The quantitative estimate of drug-likeness (QED) is 0.541. The highest BCUT2D eigenvalue weighted by Crippen LogP contribution is 2.26. The van der Waals surface area contributed by atoms with Gasteiger partial charge in [-0.3, -0.25) is 9.36 Å². The number of hydrogen-bond acceptors (Lipinski definition) is 4. The SMILES string of the molecule is CC(C)Cc1nn(C(=O)C2CCCCC2)c(=O)n1Cc1ccc(-c2ccccc2C(=O)O)cc1. The number of benzene rings is 2. The van der Waals surface area contributed by atoms with E-state index in [0.717, 1.165) is 47.9 Å². The second kappa shape index (κ2) is 10.2. The van der Waals surface area contributed by atoms with Crippen LogP contribution in [0.15, 0.2) is 53.3 Å². The monoisotopic (exact) mass is 461 g/mol. The normalized spacial score (nSPS) is 14.4. The number of aromatic carboxylic acids is 1. The first-order valence-electron chi connectivity index (χ1n) is 12.0. The third-order valence-electron chi connectivity index (χ3n) is 6.46. The summed E-state index contributed by atoms with van der Waals surface area (Å²) in [5.41, 5.74) is 2.18. The van der Waals surface area contributed by atoms with Crippen molar-refractivity contribution < 1.29 is 14.7 Å². The molecule has 0 spiro atoms. The summed E-state index contributed by atoms with van der Waals surface area (Å²) in [6.07, 6.45) is 5.40. The second-order valence-corrected chi connectivity index (χ2v) is 9.52. The lowest BCUT2D eigenvalue weighted by Gasteiger charge is -2.19. The Hall–Kier alpha value is -3.48. The molecule has 0 atom stereocenters. The van der Waals surface area contributed by atoms with Crippen LogP contribution in [0.5, 0.6) is 0 Å². The summed E-state index contributed by atoms with van der Waals surface area (Å²) in [6, 6.07) is 14.4. The van der Waals surface area contributed by atoms with Crippen LogP contribution in [0.3, 0.4) is 0 Å². The number of carbonyl (C=O) groups excluding carboxylic acids is 1. The molecule has 7 nitrogen and oxygen atoms in total. The van der Waals surface area contributed by atoms with E-state index in [1.54, 1.807) is 22.8 Å². The lowest BCUT2D eigenvalue weighted by Crippen LogP contribution is -2.35. The van der Waals surface area contributed by atoms with Crippen LogP contribution in [-0.4, -0.2) is 31.3 Å². The van der Waals surface area contributed by atoms with Crippen LogP contribution in [0.2, 0.25) is 0 Å². The Morgan fingerprint density at radius 1 is 1.03 bits per heavy atom. The first-order valence-corrected chi connectivity index (χ1v) is 12.0. The van der Waals surface area contributed by atoms with Gasteiger partial charge < -0.3 is 5.11 Å². The van der Waals surface area contributed by atoms with E-state index < -0.39 is 5.97 Å². The molecule has 1 fully saturated rings.